The highest BCUT2D eigenvalue weighted by molar-refractivity contribution is 5.81. The summed E-state index contributed by atoms with van der Waals surface area (Å²) in [7, 11) is 0. The predicted molar refractivity (Wildman–Crippen MR) is 90.5 cm³/mol. The summed E-state index contributed by atoms with van der Waals surface area (Å²) in [6.45, 7) is 0.733. The Kier molecular flexibility index (Phi) is 7.59. The van der Waals surface area contributed by atoms with Crippen LogP contribution in [0.15, 0.2) is 24.3 Å². The highest BCUT2D eigenvalue weighted by Gasteiger charge is 2.38. The molecule has 0 saturated heterocycles. The second kappa shape index (κ2) is 9.68. The number of halogens is 3. The van der Waals surface area contributed by atoms with Gasteiger partial charge in [-0.25, -0.2) is 0 Å². The van der Waals surface area contributed by atoms with Crippen molar-refractivity contribution in [3.8, 4) is 5.75 Å². The van der Waals surface area contributed by atoms with Gasteiger partial charge < -0.3 is 10.1 Å². The SMILES string of the molecule is O=C(NCCCc1cccc(OCC2CCCCCC2)c1)C(F)(F)F. The Morgan fingerprint density at radius 1 is 1.16 bits per heavy atom. The van der Waals surface area contributed by atoms with Crippen molar-refractivity contribution in [3.63, 3.8) is 0 Å². The van der Waals surface area contributed by atoms with E-state index in [4.69, 9.17) is 4.74 Å². The van der Waals surface area contributed by atoms with E-state index < -0.39 is 12.1 Å². The molecular formula is C19H26F3NO2. The summed E-state index contributed by atoms with van der Waals surface area (Å²) in [4.78, 5) is 10.7. The molecule has 0 aliphatic heterocycles. The second-order valence-corrected chi connectivity index (χ2v) is 6.67. The molecular weight excluding hydrogens is 331 g/mol. The lowest BCUT2D eigenvalue weighted by atomic mass is 10.0. The van der Waals surface area contributed by atoms with E-state index in [1.807, 2.05) is 29.6 Å². The molecule has 1 fully saturated rings. The molecule has 6 heteroatoms. The number of amides is 1. The maximum absolute atomic E-state index is 12.1. The average molecular weight is 357 g/mol. The lowest BCUT2D eigenvalue weighted by Crippen LogP contribution is -2.37. The second-order valence-electron chi connectivity index (χ2n) is 6.67. The summed E-state index contributed by atoms with van der Waals surface area (Å²) in [5, 5.41) is 1.89. The number of ether oxygens (including phenoxy) is 1. The predicted octanol–water partition coefficient (Wildman–Crippen LogP) is 4.65. The number of alkyl halides is 3. The normalized spacial score (nSPS) is 16.3. The van der Waals surface area contributed by atoms with Gasteiger partial charge in [0.05, 0.1) is 6.61 Å². The Labute approximate surface area is 146 Å². The van der Waals surface area contributed by atoms with E-state index >= 15 is 0 Å². The smallest absolute Gasteiger partial charge is 0.471 e. The first-order chi connectivity index (χ1) is 11.9. The highest BCUT2D eigenvalue weighted by atomic mass is 19.4. The van der Waals surface area contributed by atoms with Crippen molar-refractivity contribution < 1.29 is 22.7 Å². The Balaban J connectivity index is 1.72. The zero-order valence-corrected chi connectivity index (χ0v) is 14.4. The lowest BCUT2D eigenvalue weighted by Gasteiger charge is -2.15. The highest BCUT2D eigenvalue weighted by Crippen LogP contribution is 2.24. The zero-order chi connectivity index (χ0) is 18.1. The Morgan fingerprint density at radius 2 is 1.88 bits per heavy atom. The van der Waals surface area contributed by atoms with E-state index in [-0.39, 0.29) is 6.54 Å². The topological polar surface area (TPSA) is 38.3 Å². The molecule has 140 valence electrons. The quantitative estimate of drug-likeness (QED) is 0.570. The van der Waals surface area contributed by atoms with Gasteiger partial charge in [0.25, 0.3) is 0 Å². The largest absolute Gasteiger partial charge is 0.493 e. The molecule has 0 bridgehead atoms. The molecule has 2 rings (SSSR count). The molecule has 0 radical (unpaired) electrons. The van der Waals surface area contributed by atoms with E-state index in [1.54, 1.807) is 0 Å². The van der Waals surface area contributed by atoms with Crippen molar-refractivity contribution >= 4 is 5.91 Å². The summed E-state index contributed by atoms with van der Waals surface area (Å²) in [6.07, 6.45) is 3.86. The van der Waals surface area contributed by atoms with Crippen LogP contribution in [0.1, 0.15) is 50.5 Å². The van der Waals surface area contributed by atoms with Gasteiger partial charge in [-0.2, -0.15) is 13.2 Å². The van der Waals surface area contributed by atoms with Gasteiger partial charge in [0.2, 0.25) is 0 Å². The number of rotatable bonds is 7. The first-order valence-corrected chi connectivity index (χ1v) is 9.02. The molecule has 0 atom stereocenters. The van der Waals surface area contributed by atoms with Crippen LogP contribution in [0.4, 0.5) is 13.2 Å². The Bertz CT molecular complexity index is 538. The number of carbonyl (C=O) groups excluding carboxylic acids is 1. The van der Waals surface area contributed by atoms with E-state index in [0.717, 1.165) is 17.9 Å². The molecule has 1 aliphatic carbocycles. The molecule has 1 amide bonds. The fourth-order valence-electron chi connectivity index (χ4n) is 3.13. The van der Waals surface area contributed by atoms with Crippen molar-refractivity contribution in [2.75, 3.05) is 13.2 Å². The monoisotopic (exact) mass is 357 g/mol. The van der Waals surface area contributed by atoms with Crippen LogP contribution >= 0.6 is 0 Å². The summed E-state index contributed by atoms with van der Waals surface area (Å²) in [6, 6.07) is 7.66. The van der Waals surface area contributed by atoms with Crippen LogP contribution in [0, 0.1) is 5.92 Å². The van der Waals surface area contributed by atoms with E-state index in [1.165, 1.54) is 38.5 Å². The number of hydrogen-bond acceptors (Lipinski definition) is 2. The van der Waals surface area contributed by atoms with Crippen molar-refractivity contribution in [2.45, 2.75) is 57.5 Å². The van der Waals surface area contributed by atoms with Gasteiger partial charge in [-0.3, -0.25) is 4.79 Å². The minimum atomic E-state index is -4.81. The van der Waals surface area contributed by atoms with Gasteiger partial charge in [0.15, 0.2) is 0 Å². The maximum atomic E-state index is 12.1. The number of carbonyl (C=O) groups is 1. The van der Waals surface area contributed by atoms with Crippen LogP contribution in [0.2, 0.25) is 0 Å². The van der Waals surface area contributed by atoms with Crippen LogP contribution in [0.5, 0.6) is 5.75 Å². The fraction of sp³-hybridized carbons (Fsp3) is 0.632. The van der Waals surface area contributed by atoms with E-state index in [9.17, 15) is 18.0 Å². The van der Waals surface area contributed by atoms with Crippen LogP contribution in [-0.2, 0) is 11.2 Å². The number of aryl methyl sites for hydroxylation is 1. The number of nitrogens with one attached hydrogen (secondary N) is 1. The summed E-state index contributed by atoms with van der Waals surface area (Å²) < 4.78 is 42.2. The minimum absolute atomic E-state index is 0.00546. The number of benzene rings is 1. The molecule has 1 aliphatic rings. The molecule has 1 N–H and O–H groups in total. The van der Waals surface area contributed by atoms with Gasteiger partial charge in [0, 0.05) is 6.54 Å². The third-order valence-electron chi connectivity index (χ3n) is 4.54. The fourth-order valence-corrected chi connectivity index (χ4v) is 3.13. The minimum Gasteiger partial charge on any atom is -0.493 e. The molecule has 0 heterocycles. The summed E-state index contributed by atoms with van der Waals surface area (Å²) >= 11 is 0. The van der Waals surface area contributed by atoms with Gasteiger partial charge in [-0.15, -0.1) is 0 Å². The molecule has 3 nitrogen and oxygen atoms in total. The zero-order valence-electron chi connectivity index (χ0n) is 14.4. The molecule has 0 unspecified atom stereocenters. The van der Waals surface area contributed by atoms with Crippen LogP contribution in [0.25, 0.3) is 0 Å². The third kappa shape index (κ3) is 7.36. The standard InChI is InChI=1S/C19H26F3NO2/c20-19(21,22)18(24)23-12-6-10-15-9-5-11-17(13-15)25-14-16-7-3-1-2-4-8-16/h5,9,11,13,16H,1-4,6-8,10,12,14H2,(H,23,24). The summed E-state index contributed by atoms with van der Waals surface area (Å²) in [5.41, 5.74) is 1.000. The number of hydrogen-bond donors (Lipinski definition) is 1. The van der Waals surface area contributed by atoms with Crippen molar-refractivity contribution in [1.82, 2.24) is 5.32 Å². The van der Waals surface area contributed by atoms with E-state index in [0.29, 0.717) is 18.8 Å². The molecule has 25 heavy (non-hydrogen) atoms. The first kappa shape index (κ1) is 19.6. The van der Waals surface area contributed by atoms with Gasteiger partial charge in [-0.05, 0) is 49.3 Å². The van der Waals surface area contributed by atoms with Crippen LogP contribution in [-0.4, -0.2) is 25.2 Å². The van der Waals surface area contributed by atoms with Crippen LogP contribution in [0.3, 0.4) is 0 Å². The Morgan fingerprint density at radius 3 is 2.56 bits per heavy atom. The van der Waals surface area contributed by atoms with Gasteiger partial charge in [-0.1, -0.05) is 37.8 Å². The van der Waals surface area contributed by atoms with Gasteiger partial charge in [0.1, 0.15) is 5.75 Å². The summed E-state index contributed by atoms with van der Waals surface area (Å²) in [5.74, 6) is -0.460. The lowest BCUT2D eigenvalue weighted by molar-refractivity contribution is -0.173. The molecule has 1 aromatic carbocycles. The van der Waals surface area contributed by atoms with Crippen LogP contribution < -0.4 is 10.1 Å². The average Bonchev–Trinajstić information content (AvgIpc) is 2.85. The molecule has 1 aromatic rings. The first-order valence-electron chi connectivity index (χ1n) is 9.02. The molecule has 0 spiro atoms. The maximum Gasteiger partial charge on any atom is 0.471 e. The van der Waals surface area contributed by atoms with Crippen molar-refractivity contribution in [2.24, 2.45) is 5.92 Å². The Hall–Kier alpha value is -1.72. The molecule has 0 aromatic heterocycles. The molecule has 1 saturated carbocycles. The third-order valence-corrected chi connectivity index (χ3v) is 4.54. The van der Waals surface area contributed by atoms with Crippen molar-refractivity contribution in [1.29, 1.82) is 0 Å². The van der Waals surface area contributed by atoms with Crippen molar-refractivity contribution in [3.05, 3.63) is 29.8 Å². The van der Waals surface area contributed by atoms with E-state index in [2.05, 4.69) is 0 Å². The van der Waals surface area contributed by atoms with Gasteiger partial charge >= 0.3 is 12.1 Å².